The van der Waals surface area contributed by atoms with Crippen molar-refractivity contribution in [2.75, 3.05) is 18.0 Å². The van der Waals surface area contributed by atoms with E-state index >= 15 is 0 Å². The van der Waals surface area contributed by atoms with E-state index in [0.717, 1.165) is 33.7 Å². The van der Waals surface area contributed by atoms with E-state index in [4.69, 9.17) is 5.10 Å². The fourth-order valence-electron chi connectivity index (χ4n) is 4.41. The Hall–Kier alpha value is -3.88. The van der Waals surface area contributed by atoms with Crippen LogP contribution in [0, 0.1) is 0 Å². The van der Waals surface area contributed by atoms with Crippen molar-refractivity contribution < 1.29 is 9.59 Å². The van der Waals surface area contributed by atoms with E-state index in [-0.39, 0.29) is 11.8 Å². The Balaban J connectivity index is 1.24. The Morgan fingerprint density at radius 3 is 3.00 bits per heavy atom. The molecule has 5 rings (SSSR count). The molecule has 2 amide bonds. The van der Waals surface area contributed by atoms with Crippen molar-refractivity contribution in [1.82, 2.24) is 29.6 Å². The number of carbonyl (C=O) groups is 2. The molecule has 33 heavy (non-hydrogen) atoms. The lowest BCUT2D eigenvalue weighted by Crippen LogP contribution is -2.38. The number of rotatable bonds is 8. The lowest BCUT2D eigenvalue weighted by atomic mass is 10.1. The van der Waals surface area contributed by atoms with Crippen LogP contribution < -0.4 is 10.2 Å². The molecule has 9 nitrogen and oxygen atoms in total. The molecule has 1 aliphatic rings. The van der Waals surface area contributed by atoms with Gasteiger partial charge in [-0.2, -0.15) is 5.10 Å². The average molecular weight is 446 g/mol. The van der Waals surface area contributed by atoms with Crippen LogP contribution in [-0.2, 0) is 29.6 Å². The number of benzene rings is 1. The number of fused-ring (bicyclic) bond motifs is 2. The summed E-state index contributed by atoms with van der Waals surface area (Å²) in [5.41, 5.74) is 4.05. The molecule has 3 aromatic heterocycles. The summed E-state index contributed by atoms with van der Waals surface area (Å²) in [6.07, 6.45) is 7.56. The van der Waals surface area contributed by atoms with Crippen molar-refractivity contribution >= 4 is 28.5 Å². The molecule has 0 saturated carbocycles. The lowest BCUT2D eigenvalue weighted by molar-refractivity contribution is -0.122. The first-order valence-electron chi connectivity index (χ1n) is 11.3. The summed E-state index contributed by atoms with van der Waals surface area (Å²) in [4.78, 5) is 33.6. The van der Waals surface area contributed by atoms with Gasteiger partial charge >= 0.3 is 0 Å². The number of anilines is 1. The topological polar surface area (TPSA) is 101 Å². The number of amides is 2. The van der Waals surface area contributed by atoms with Crippen LogP contribution in [0.25, 0.3) is 22.2 Å². The number of hydrogen-bond acceptors (Lipinski definition) is 4. The largest absolute Gasteiger partial charge is 0.356 e. The zero-order valence-electron chi connectivity index (χ0n) is 18.6. The molecule has 0 unspecified atom stereocenters. The summed E-state index contributed by atoms with van der Waals surface area (Å²) < 4.78 is 4.00. The van der Waals surface area contributed by atoms with Crippen LogP contribution in [0.5, 0.6) is 0 Å². The fraction of sp³-hybridized carbons (Fsp3) is 0.333. The molecule has 170 valence electrons. The average Bonchev–Trinajstić information content (AvgIpc) is 3.55. The summed E-state index contributed by atoms with van der Waals surface area (Å²) in [5, 5.41) is 8.86. The van der Waals surface area contributed by atoms with Crippen molar-refractivity contribution in [3.8, 4) is 11.3 Å². The molecule has 4 heterocycles. The summed E-state index contributed by atoms with van der Waals surface area (Å²) in [6, 6.07) is 10.2. The summed E-state index contributed by atoms with van der Waals surface area (Å²) in [5.74, 6) is 0.865. The molecule has 9 heteroatoms. The Kier molecular flexibility index (Phi) is 5.68. The second-order valence-electron chi connectivity index (χ2n) is 8.36. The normalized spacial score (nSPS) is 13.5. The highest BCUT2D eigenvalue weighted by Gasteiger charge is 2.27. The van der Waals surface area contributed by atoms with Gasteiger partial charge in [-0.3, -0.25) is 14.5 Å². The van der Waals surface area contributed by atoms with Gasteiger partial charge in [-0.1, -0.05) is 18.2 Å². The third-order valence-electron chi connectivity index (χ3n) is 6.10. The van der Waals surface area contributed by atoms with Crippen LogP contribution in [0.3, 0.4) is 0 Å². The van der Waals surface area contributed by atoms with Gasteiger partial charge in [-0.15, -0.1) is 0 Å². The van der Waals surface area contributed by atoms with Gasteiger partial charge < -0.3 is 14.9 Å². The highest BCUT2D eigenvalue weighted by molar-refractivity contribution is 5.98. The molecule has 0 spiro atoms. The number of nitrogens with one attached hydrogen (secondary N) is 2. The maximum absolute atomic E-state index is 12.7. The number of H-pyrrole nitrogens is 1. The van der Waals surface area contributed by atoms with Gasteiger partial charge in [0.25, 0.3) is 0 Å². The van der Waals surface area contributed by atoms with Crippen molar-refractivity contribution in [1.29, 1.82) is 0 Å². The molecule has 1 aromatic carbocycles. The zero-order valence-corrected chi connectivity index (χ0v) is 18.6. The number of aryl methyl sites for hydroxylation is 2. The quantitative estimate of drug-likeness (QED) is 0.435. The highest BCUT2D eigenvalue weighted by atomic mass is 16.2. The molecule has 4 aromatic rings. The molecule has 0 saturated heterocycles. The Morgan fingerprint density at radius 1 is 1.27 bits per heavy atom. The molecule has 0 aliphatic carbocycles. The van der Waals surface area contributed by atoms with Gasteiger partial charge in [0, 0.05) is 80.0 Å². The van der Waals surface area contributed by atoms with E-state index < -0.39 is 0 Å². The van der Waals surface area contributed by atoms with E-state index in [0.29, 0.717) is 45.3 Å². The predicted octanol–water partition coefficient (Wildman–Crippen LogP) is 2.64. The van der Waals surface area contributed by atoms with Crippen LogP contribution >= 0.6 is 0 Å². The number of nitrogens with zero attached hydrogens (tertiary/aromatic N) is 5. The van der Waals surface area contributed by atoms with Gasteiger partial charge in [-0.25, -0.2) is 9.67 Å². The monoisotopic (exact) mass is 445 g/mol. The SMILES string of the molecule is Cn1cc(-c2cc3n(n2)CCC(=O)N3CCCC(=O)NCCc2cnc[nH]2)c2ccccc21. The number of aromatic nitrogens is 5. The standard InChI is InChI=1S/C24H27N7O2/c1-29-15-19(18-5-2-3-6-21(18)29)20-13-23-30(24(33)9-12-31(23)28-20)11-4-7-22(32)26-10-8-17-14-25-16-27-17/h2-3,5-6,13-16H,4,7-12H2,1H3,(H,25,27)(H,26,32). The summed E-state index contributed by atoms with van der Waals surface area (Å²) in [7, 11) is 2.03. The number of aromatic amines is 1. The molecule has 1 aliphatic heterocycles. The maximum Gasteiger partial charge on any atom is 0.229 e. The van der Waals surface area contributed by atoms with Gasteiger partial charge in [0.05, 0.1) is 18.6 Å². The number of carbonyl (C=O) groups excluding carboxylic acids is 2. The van der Waals surface area contributed by atoms with E-state index in [1.54, 1.807) is 17.4 Å². The van der Waals surface area contributed by atoms with Crippen LogP contribution in [0.4, 0.5) is 5.82 Å². The minimum Gasteiger partial charge on any atom is -0.356 e. The smallest absolute Gasteiger partial charge is 0.229 e. The van der Waals surface area contributed by atoms with Gasteiger partial charge in [-0.05, 0) is 12.5 Å². The van der Waals surface area contributed by atoms with Crippen molar-refractivity contribution in [2.24, 2.45) is 7.05 Å². The van der Waals surface area contributed by atoms with Crippen LogP contribution in [-0.4, -0.2) is 49.2 Å². The lowest BCUT2D eigenvalue weighted by Gasteiger charge is -2.27. The van der Waals surface area contributed by atoms with Crippen LogP contribution in [0.2, 0.25) is 0 Å². The Bertz CT molecular complexity index is 1290. The number of hydrogen-bond donors (Lipinski definition) is 2. The van der Waals surface area contributed by atoms with E-state index in [1.165, 1.54) is 0 Å². The van der Waals surface area contributed by atoms with Crippen LogP contribution in [0.15, 0.2) is 49.1 Å². The first-order valence-corrected chi connectivity index (χ1v) is 11.3. The first kappa shape index (κ1) is 21.0. The third kappa shape index (κ3) is 4.26. The number of para-hydroxylation sites is 1. The molecular weight excluding hydrogens is 418 g/mol. The van der Waals surface area contributed by atoms with Crippen molar-refractivity contribution in [2.45, 2.75) is 32.2 Å². The van der Waals surface area contributed by atoms with Gasteiger partial charge in [0.15, 0.2) is 0 Å². The molecule has 2 N–H and O–H groups in total. The Morgan fingerprint density at radius 2 is 2.15 bits per heavy atom. The van der Waals surface area contributed by atoms with E-state index in [2.05, 4.69) is 38.2 Å². The fourth-order valence-corrected chi connectivity index (χ4v) is 4.41. The Labute approximate surface area is 191 Å². The second-order valence-corrected chi connectivity index (χ2v) is 8.36. The van der Waals surface area contributed by atoms with E-state index in [9.17, 15) is 9.59 Å². The van der Waals surface area contributed by atoms with Gasteiger partial charge in [0.2, 0.25) is 11.8 Å². The number of imidazole rings is 1. The van der Waals surface area contributed by atoms with Crippen LogP contribution in [0.1, 0.15) is 25.0 Å². The summed E-state index contributed by atoms with van der Waals surface area (Å²) in [6.45, 7) is 1.63. The van der Waals surface area contributed by atoms with Crippen molar-refractivity contribution in [3.05, 3.63) is 54.7 Å². The maximum atomic E-state index is 12.7. The zero-order chi connectivity index (χ0) is 22.8. The van der Waals surface area contributed by atoms with Gasteiger partial charge in [0.1, 0.15) is 5.82 Å². The van der Waals surface area contributed by atoms with E-state index in [1.807, 2.05) is 29.9 Å². The molecule has 0 fully saturated rings. The second kappa shape index (κ2) is 8.93. The summed E-state index contributed by atoms with van der Waals surface area (Å²) >= 11 is 0. The molecule has 0 bridgehead atoms. The first-order chi connectivity index (χ1) is 16.1. The highest BCUT2D eigenvalue weighted by Crippen LogP contribution is 2.33. The molecule has 0 atom stereocenters. The minimum atomic E-state index is -0.0103. The minimum absolute atomic E-state index is 0.0103. The third-order valence-corrected chi connectivity index (χ3v) is 6.10. The molecule has 0 radical (unpaired) electrons. The predicted molar refractivity (Wildman–Crippen MR) is 126 cm³/mol. The molecular formula is C24H27N7O2. The van der Waals surface area contributed by atoms with Crippen molar-refractivity contribution in [3.63, 3.8) is 0 Å².